The summed E-state index contributed by atoms with van der Waals surface area (Å²) in [5.41, 5.74) is -1.48. The van der Waals surface area contributed by atoms with Crippen molar-refractivity contribution in [3.63, 3.8) is 0 Å². The number of thioether (sulfide) groups is 2. The molecule has 1 atom stereocenters. The van der Waals surface area contributed by atoms with E-state index in [4.69, 9.17) is 4.74 Å². The molecule has 92 valence electrons. The first-order valence-electron chi connectivity index (χ1n) is 5.61. The summed E-state index contributed by atoms with van der Waals surface area (Å²) in [6.07, 6.45) is 2.19. The zero-order valence-corrected chi connectivity index (χ0v) is 11.2. The van der Waals surface area contributed by atoms with Crippen LogP contribution in [0, 0.1) is 5.41 Å². The van der Waals surface area contributed by atoms with Gasteiger partial charge in [0.2, 0.25) is 0 Å². The van der Waals surface area contributed by atoms with Crippen LogP contribution in [-0.2, 0) is 9.53 Å². The van der Waals surface area contributed by atoms with Crippen LogP contribution in [0.2, 0.25) is 0 Å². The third kappa shape index (κ3) is 1.87. The van der Waals surface area contributed by atoms with Gasteiger partial charge in [0.1, 0.15) is 5.41 Å². The van der Waals surface area contributed by atoms with Gasteiger partial charge in [-0.3, -0.25) is 4.79 Å². The van der Waals surface area contributed by atoms with Crippen molar-refractivity contribution in [1.29, 1.82) is 0 Å². The molecule has 0 radical (unpaired) electrons. The Morgan fingerprint density at radius 1 is 1.19 bits per heavy atom. The molecule has 2 heterocycles. The van der Waals surface area contributed by atoms with E-state index in [1.54, 1.807) is 11.8 Å². The molecule has 0 saturated carbocycles. The smallest absolute Gasteiger partial charge is 0.315 e. The monoisotopic (exact) mass is 262 g/mol. The Morgan fingerprint density at radius 3 is 2.31 bits per heavy atom. The molecule has 5 heteroatoms. The molecular formula is C11H18O3S2. The predicted molar refractivity (Wildman–Crippen MR) is 67.9 cm³/mol. The lowest BCUT2D eigenvalue weighted by Crippen LogP contribution is -2.55. The summed E-state index contributed by atoms with van der Waals surface area (Å²) >= 11 is 3.60. The Labute approximate surface area is 105 Å². The fourth-order valence-corrected chi connectivity index (χ4v) is 5.35. The molecule has 3 nitrogen and oxygen atoms in total. The van der Waals surface area contributed by atoms with Crippen molar-refractivity contribution < 1.29 is 14.6 Å². The summed E-state index contributed by atoms with van der Waals surface area (Å²) in [5, 5.41) is 10.8. The van der Waals surface area contributed by atoms with Crippen molar-refractivity contribution in [2.75, 3.05) is 30.1 Å². The second-order valence-electron chi connectivity index (χ2n) is 4.52. The van der Waals surface area contributed by atoms with Gasteiger partial charge in [-0.15, -0.1) is 0 Å². The minimum Gasteiger partial charge on any atom is -0.468 e. The fraction of sp³-hybridized carbons (Fsp3) is 0.909. The van der Waals surface area contributed by atoms with Crippen molar-refractivity contribution in [1.82, 2.24) is 0 Å². The first-order valence-corrected chi connectivity index (χ1v) is 7.92. The largest absolute Gasteiger partial charge is 0.468 e. The number of methoxy groups -OCH3 is 1. The molecule has 0 aromatic heterocycles. The molecule has 0 aromatic carbocycles. The van der Waals surface area contributed by atoms with Crippen LogP contribution < -0.4 is 0 Å². The van der Waals surface area contributed by atoms with Crippen LogP contribution in [0.1, 0.15) is 19.3 Å². The molecule has 0 aromatic rings. The molecule has 0 spiro atoms. The molecule has 0 amide bonds. The lowest BCUT2D eigenvalue weighted by atomic mass is 9.68. The lowest BCUT2D eigenvalue weighted by Gasteiger charge is -2.44. The molecule has 16 heavy (non-hydrogen) atoms. The molecule has 0 bridgehead atoms. The Balaban J connectivity index is 2.27. The molecule has 2 fully saturated rings. The van der Waals surface area contributed by atoms with E-state index < -0.39 is 11.0 Å². The van der Waals surface area contributed by atoms with Gasteiger partial charge in [0.25, 0.3) is 0 Å². The Hall–Kier alpha value is 0.130. The van der Waals surface area contributed by atoms with Crippen molar-refractivity contribution >= 4 is 29.5 Å². The van der Waals surface area contributed by atoms with Crippen molar-refractivity contribution in [2.45, 2.75) is 24.9 Å². The number of aliphatic hydroxyl groups is 1. The third-order valence-corrected chi connectivity index (χ3v) is 5.98. The predicted octanol–water partition coefficient (Wildman–Crippen LogP) is 1.54. The normalized spacial score (nSPS) is 33.6. The Bertz CT molecular complexity index is 268. The number of carbonyl (C=O) groups excluding carboxylic acids is 1. The van der Waals surface area contributed by atoms with Crippen LogP contribution in [0.3, 0.4) is 0 Å². The van der Waals surface area contributed by atoms with Gasteiger partial charge >= 0.3 is 5.97 Å². The van der Waals surface area contributed by atoms with Crippen LogP contribution in [-0.4, -0.2) is 46.8 Å². The number of hydrogen-bond acceptors (Lipinski definition) is 5. The number of carbonyl (C=O) groups is 1. The average molecular weight is 262 g/mol. The van der Waals surface area contributed by atoms with Crippen molar-refractivity contribution in [2.24, 2.45) is 5.41 Å². The van der Waals surface area contributed by atoms with Gasteiger partial charge in [-0.1, -0.05) is 0 Å². The molecular weight excluding hydrogens is 244 g/mol. The van der Waals surface area contributed by atoms with E-state index in [0.29, 0.717) is 18.6 Å². The fourth-order valence-electron chi connectivity index (χ4n) is 2.67. The van der Waals surface area contributed by atoms with E-state index in [1.807, 2.05) is 11.8 Å². The third-order valence-electron chi connectivity index (χ3n) is 3.81. The molecule has 2 aliphatic rings. The van der Waals surface area contributed by atoms with Gasteiger partial charge in [0.05, 0.1) is 12.7 Å². The van der Waals surface area contributed by atoms with Crippen LogP contribution in [0.4, 0.5) is 0 Å². The van der Waals surface area contributed by atoms with E-state index in [9.17, 15) is 9.90 Å². The molecule has 1 N–H and O–H groups in total. The molecule has 1 unspecified atom stereocenters. The molecule has 2 rings (SSSR count). The summed E-state index contributed by atoms with van der Waals surface area (Å²) in [7, 11) is 1.42. The topological polar surface area (TPSA) is 46.5 Å². The second-order valence-corrected chi connectivity index (χ2v) is 6.85. The maximum Gasteiger partial charge on any atom is 0.315 e. The van der Waals surface area contributed by atoms with E-state index in [0.717, 1.165) is 23.7 Å². The van der Waals surface area contributed by atoms with Crippen molar-refractivity contribution in [3.05, 3.63) is 0 Å². The highest BCUT2D eigenvalue weighted by atomic mass is 32.2. The van der Waals surface area contributed by atoms with Gasteiger partial charge in [-0.05, 0) is 36.5 Å². The maximum atomic E-state index is 12.0. The number of hydrogen-bond donors (Lipinski definition) is 1. The van der Waals surface area contributed by atoms with Gasteiger partial charge in [0, 0.05) is 5.75 Å². The van der Waals surface area contributed by atoms with Crippen molar-refractivity contribution in [3.8, 4) is 0 Å². The maximum absolute atomic E-state index is 12.0. The second kappa shape index (κ2) is 4.78. The lowest BCUT2D eigenvalue weighted by molar-refractivity contribution is -0.170. The quantitative estimate of drug-likeness (QED) is 0.765. The standard InChI is InChI=1S/C11H18O3S2/c1-14-9(12)10(2-5-16-8-10)11(13)3-6-15-7-4-11/h13H,2-8H2,1H3. The van der Waals surface area contributed by atoms with Gasteiger partial charge in [0.15, 0.2) is 0 Å². The highest BCUT2D eigenvalue weighted by Gasteiger charge is 2.58. The first kappa shape index (κ1) is 12.6. The zero-order valence-electron chi connectivity index (χ0n) is 9.53. The minimum atomic E-state index is -0.838. The average Bonchev–Trinajstić information content (AvgIpc) is 2.80. The first-order chi connectivity index (χ1) is 7.65. The number of ether oxygens (including phenoxy) is 1. The summed E-state index contributed by atoms with van der Waals surface area (Å²) in [6, 6.07) is 0. The van der Waals surface area contributed by atoms with Gasteiger partial charge in [-0.2, -0.15) is 23.5 Å². The van der Waals surface area contributed by atoms with E-state index >= 15 is 0 Å². The Morgan fingerprint density at radius 2 is 1.81 bits per heavy atom. The van der Waals surface area contributed by atoms with Crippen LogP contribution in [0.15, 0.2) is 0 Å². The minimum absolute atomic E-state index is 0.216. The summed E-state index contributed by atoms with van der Waals surface area (Å²) in [5.74, 6) is 3.33. The van der Waals surface area contributed by atoms with E-state index in [2.05, 4.69) is 0 Å². The number of rotatable bonds is 2. The van der Waals surface area contributed by atoms with Gasteiger partial charge in [-0.25, -0.2) is 0 Å². The van der Waals surface area contributed by atoms with Crippen LogP contribution >= 0.6 is 23.5 Å². The highest BCUT2D eigenvalue weighted by molar-refractivity contribution is 7.99. The number of esters is 1. The van der Waals surface area contributed by atoms with E-state index in [1.165, 1.54) is 7.11 Å². The molecule has 2 aliphatic heterocycles. The zero-order chi connectivity index (χ0) is 11.6. The molecule has 0 aliphatic carbocycles. The highest BCUT2D eigenvalue weighted by Crippen LogP contribution is 2.50. The summed E-state index contributed by atoms with van der Waals surface area (Å²) < 4.78 is 4.94. The van der Waals surface area contributed by atoms with Gasteiger partial charge < -0.3 is 9.84 Å². The SMILES string of the molecule is COC(=O)C1(C2(O)CCSCC2)CCSC1. The Kier molecular flexibility index (Phi) is 3.76. The van der Waals surface area contributed by atoms with Crippen LogP contribution in [0.25, 0.3) is 0 Å². The molecule has 2 saturated heterocycles. The van der Waals surface area contributed by atoms with E-state index in [-0.39, 0.29) is 5.97 Å². The summed E-state index contributed by atoms with van der Waals surface area (Å²) in [4.78, 5) is 12.0. The van der Waals surface area contributed by atoms with Crippen LogP contribution in [0.5, 0.6) is 0 Å². The summed E-state index contributed by atoms with van der Waals surface area (Å²) in [6.45, 7) is 0.